The van der Waals surface area contributed by atoms with Crippen LogP contribution in [0.2, 0.25) is 0 Å². The molecule has 9 heteroatoms. The molecule has 32 heavy (non-hydrogen) atoms. The Bertz CT molecular complexity index is 961. The number of amides is 1. The fourth-order valence-corrected chi connectivity index (χ4v) is 3.15. The number of nitrogens with one attached hydrogen (secondary N) is 2. The summed E-state index contributed by atoms with van der Waals surface area (Å²) in [7, 11) is 0. The van der Waals surface area contributed by atoms with Crippen LogP contribution >= 0.6 is 12.4 Å². The molecular weight excluding hydrogens is 432 g/mol. The predicted octanol–water partition coefficient (Wildman–Crippen LogP) is 3.40. The Morgan fingerprint density at radius 3 is 2.22 bits per heavy atom. The summed E-state index contributed by atoms with van der Waals surface area (Å²) in [5, 5.41) is 10.7. The molecule has 0 fully saturated rings. The molecule has 0 saturated heterocycles. The highest BCUT2D eigenvalue weighted by molar-refractivity contribution is 5.95. The first-order chi connectivity index (χ1) is 14.6. The van der Waals surface area contributed by atoms with E-state index in [4.69, 9.17) is 26.4 Å². The minimum atomic E-state index is -0.759. The molecule has 6 N–H and O–H groups in total. The minimum absolute atomic E-state index is 0. The van der Waals surface area contributed by atoms with Gasteiger partial charge in [-0.3, -0.25) is 10.2 Å². The summed E-state index contributed by atoms with van der Waals surface area (Å²) < 4.78 is 10.9. The number of amidine groups is 1. The van der Waals surface area contributed by atoms with E-state index in [9.17, 15) is 9.59 Å². The van der Waals surface area contributed by atoms with Gasteiger partial charge in [0.15, 0.2) is 12.6 Å². The van der Waals surface area contributed by atoms with Gasteiger partial charge in [-0.25, -0.2) is 4.79 Å². The first-order valence-electron chi connectivity index (χ1n) is 10.1. The molecular formula is C23H31ClN4O4. The number of esters is 1. The molecule has 0 radical (unpaired) electrons. The summed E-state index contributed by atoms with van der Waals surface area (Å²) >= 11 is 0. The van der Waals surface area contributed by atoms with Crippen molar-refractivity contribution in [1.82, 2.24) is 0 Å². The first-order valence-corrected chi connectivity index (χ1v) is 10.1. The molecule has 1 unspecified atom stereocenters. The number of carbonyl (C=O) groups is 2. The summed E-state index contributed by atoms with van der Waals surface area (Å²) in [6.45, 7) is 7.64. The van der Waals surface area contributed by atoms with E-state index in [0.717, 1.165) is 16.7 Å². The Morgan fingerprint density at radius 1 is 1.09 bits per heavy atom. The number of nitrogens with two attached hydrogens (primary N) is 2. The van der Waals surface area contributed by atoms with Gasteiger partial charge in [-0.2, -0.15) is 0 Å². The third kappa shape index (κ3) is 6.88. The van der Waals surface area contributed by atoms with Crippen LogP contribution in [0.15, 0.2) is 36.4 Å². The Kier molecular flexibility index (Phi) is 10.00. The van der Waals surface area contributed by atoms with Crippen LogP contribution in [-0.2, 0) is 14.3 Å². The van der Waals surface area contributed by atoms with E-state index in [1.807, 2.05) is 26.8 Å². The Balaban J connectivity index is 0.00000512. The fourth-order valence-electron chi connectivity index (χ4n) is 3.15. The molecule has 0 bridgehead atoms. The Hall–Kier alpha value is -3.26. The number of hydrogen-bond acceptors (Lipinski definition) is 6. The summed E-state index contributed by atoms with van der Waals surface area (Å²) in [5.74, 6) is -0.362. The van der Waals surface area contributed by atoms with Crippen LogP contribution in [-0.4, -0.2) is 30.9 Å². The Labute approximate surface area is 194 Å². The number of halogens is 1. The highest BCUT2D eigenvalue weighted by Crippen LogP contribution is 2.34. The van der Waals surface area contributed by atoms with Gasteiger partial charge in [-0.1, -0.05) is 13.8 Å². The molecule has 0 aromatic heterocycles. The van der Waals surface area contributed by atoms with Crippen molar-refractivity contribution in [2.45, 2.75) is 39.7 Å². The second-order valence-corrected chi connectivity index (χ2v) is 7.48. The molecule has 1 atom stereocenters. The van der Waals surface area contributed by atoms with Crippen molar-refractivity contribution in [3.63, 3.8) is 0 Å². The van der Waals surface area contributed by atoms with E-state index in [2.05, 4.69) is 5.32 Å². The number of ether oxygens (including phenoxy) is 2. The van der Waals surface area contributed by atoms with Gasteiger partial charge in [0.25, 0.3) is 5.91 Å². The second kappa shape index (κ2) is 12.0. The van der Waals surface area contributed by atoms with Gasteiger partial charge in [0.1, 0.15) is 11.6 Å². The number of aryl methyl sites for hydroxylation is 1. The topological polar surface area (TPSA) is 141 Å². The van der Waals surface area contributed by atoms with Gasteiger partial charge in [0.2, 0.25) is 0 Å². The summed E-state index contributed by atoms with van der Waals surface area (Å²) in [5.41, 5.74) is 14.4. The SMILES string of the molecule is CCOC(=O)C(Nc1ccc(C(=N)N)cc1)c1cc(C(C)C)c(OCC(N)=O)cc1C.Cl. The predicted molar refractivity (Wildman–Crippen MR) is 128 cm³/mol. The lowest BCUT2D eigenvalue weighted by Crippen LogP contribution is -2.25. The number of nitrogen functional groups attached to an aromatic ring is 1. The van der Waals surface area contributed by atoms with Crippen molar-refractivity contribution >= 4 is 35.8 Å². The van der Waals surface area contributed by atoms with Crippen molar-refractivity contribution in [3.05, 3.63) is 58.7 Å². The quantitative estimate of drug-likeness (QED) is 0.242. The van der Waals surface area contributed by atoms with Gasteiger partial charge in [0.05, 0.1) is 6.61 Å². The monoisotopic (exact) mass is 462 g/mol. The van der Waals surface area contributed by atoms with Crippen LogP contribution in [0.25, 0.3) is 0 Å². The molecule has 8 nitrogen and oxygen atoms in total. The molecule has 0 aliphatic carbocycles. The number of primary amides is 1. The maximum absolute atomic E-state index is 12.8. The van der Waals surface area contributed by atoms with Crippen molar-refractivity contribution in [2.24, 2.45) is 11.5 Å². The van der Waals surface area contributed by atoms with Crippen molar-refractivity contribution in [1.29, 1.82) is 5.41 Å². The first kappa shape index (κ1) is 26.8. The van der Waals surface area contributed by atoms with E-state index in [1.165, 1.54) is 0 Å². The van der Waals surface area contributed by atoms with Gasteiger partial charge in [-0.05, 0) is 72.9 Å². The number of carbonyl (C=O) groups excluding carboxylic acids is 2. The molecule has 0 spiro atoms. The smallest absolute Gasteiger partial charge is 0.333 e. The number of hydrogen-bond donors (Lipinski definition) is 4. The van der Waals surface area contributed by atoms with Crippen LogP contribution < -0.4 is 21.5 Å². The van der Waals surface area contributed by atoms with Crippen LogP contribution in [0.3, 0.4) is 0 Å². The van der Waals surface area contributed by atoms with Crippen molar-refractivity contribution in [3.8, 4) is 5.75 Å². The maximum Gasteiger partial charge on any atom is 0.333 e. The Morgan fingerprint density at radius 2 is 1.72 bits per heavy atom. The third-order valence-electron chi connectivity index (χ3n) is 4.73. The number of rotatable bonds is 10. The maximum atomic E-state index is 12.8. The number of anilines is 1. The lowest BCUT2D eigenvalue weighted by Gasteiger charge is -2.23. The highest BCUT2D eigenvalue weighted by Gasteiger charge is 2.26. The summed E-state index contributed by atoms with van der Waals surface area (Å²) in [6.07, 6.45) is 0. The number of benzene rings is 2. The molecule has 0 heterocycles. The van der Waals surface area contributed by atoms with Gasteiger partial charge >= 0.3 is 5.97 Å². The highest BCUT2D eigenvalue weighted by atomic mass is 35.5. The van der Waals surface area contributed by atoms with Crippen LogP contribution in [0.5, 0.6) is 5.75 Å². The zero-order valence-corrected chi connectivity index (χ0v) is 19.5. The molecule has 174 valence electrons. The van der Waals surface area contributed by atoms with E-state index >= 15 is 0 Å². The fraction of sp³-hybridized carbons (Fsp3) is 0.348. The van der Waals surface area contributed by atoms with Crippen LogP contribution in [0.1, 0.15) is 55.0 Å². The standard InChI is InChI=1S/C23H30N4O4.ClH/c1-5-30-23(29)21(27-16-8-6-15(7-9-16)22(25)26)18-11-17(13(2)3)19(10-14(18)4)31-12-20(24)28;/h6-11,13,21,27H,5,12H2,1-4H3,(H2,24,28)(H3,25,26);1H. The lowest BCUT2D eigenvalue weighted by molar-refractivity contribution is -0.144. The molecule has 0 aliphatic rings. The largest absolute Gasteiger partial charge is 0.483 e. The molecule has 0 aliphatic heterocycles. The minimum Gasteiger partial charge on any atom is -0.483 e. The summed E-state index contributed by atoms with van der Waals surface area (Å²) in [6, 6.07) is 9.87. The van der Waals surface area contributed by atoms with Gasteiger partial charge in [0, 0.05) is 11.3 Å². The van der Waals surface area contributed by atoms with Crippen molar-refractivity contribution in [2.75, 3.05) is 18.5 Å². The summed E-state index contributed by atoms with van der Waals surface area (Å²) in [4.78, 5) is 24.0. The zero-order chi connectivity index (χ0) is 23.1. The second-order valence-electron chi connectivity index (χ2n) is 7.48. The molecule has 0 saturated carbocycles. The van der Waals surface area contributed by atoms with Gasteiger partial charge in [-0.15, -0.1) is 12.4 Å². The average molecular weight is 463 g/mol. The normalized spacial score (nSPS) is 11.3. The van der Waals surface area contributed by atoms with Crippen LogP contribution in [0, 0.1) is 12.3 Å². The van der Waals surface area contributed by atoms with E-state index in [1.54, 1.807) is 37.3 Å². The zero-order valence-electron chi connectivity index (χ0n) is 18.7. The third-order valence-corrected chi connectivity index (χ3v) is 4.73. The molecule has 1 amide bonds. The van der Waals surface area contributed by atoms with E-state index in [0.29, 0.717) is 17.0 Å². The van der Waals surface area contributed by atoms with E-state index < -0.39 is 17.9 Å². The van der Waals surface area contributed by atoms with Crippen LogP contribution in [0.4, 0.5) is 5.69 Å². The van der Waals surface area contributed by atoms with Crippen molar-refractivity contribution < 1.29 is 19.1 Å². The average Bonchev–Trinajstić information content (AvgIpc) is 2.71. The van der Waals surface area contributed by atoms with Gasteiger partial charge < -0.3 is 26.3 Å². The molecule has 2 rings (SSSR count). The molecule has 2 aromatic carbocycles. The lowest BCUT2D eigenvalue weighted by atomic mass is 9.92. The molecule has 2 aromatic rings. The van der Waals surface area contributed by atoms with E-state index in [-0.39, 0.29) is 37.4 Å².